The Morgan fingerprint density at radius 3 is 2.79 bits per heavy atom. The van der Waals surface area contributed by atoms with E-state index in [1.165, 1.54) is 6.26 Å². The van der Waals surface area contributed by atoms with Crippen LogP contribution in [-0.2, 0) is 16.4 Å². The Bertz CT molecular complexity index is 730. The molecule has 0 saturated heterocycles. The second-order valence-electron chi connectivity index (χ2n) is 5.27. The summed E-state index contributed by atoms with van der Waals surface area (Å²) in [5, 5.41) is 0. The molecule has 6 heteroatoms. The number of fused-ring (bicyclic) bond motifs is 1. The van der Waals surface area contributed by atoms with E-state index in [0.29, 0.717) is 18.2 Å². The number of imidazole rings is 1. The molecule has 0 bridgehead atoms. The lowest BCUT2D eigenvalue weighted by Gasteiger charge is -2.07. The van der Waals surface area contributed by atoms with Gasteiger partial charge >= 0.3 is 0 Å². The standard InChI is InChI=1S/C13H17N3O2S/c1-19(17,18)7-6-16-12-5-4-10(14)8-11(12)15-13(16)9-2-3-9/h4-5,8-9H,2-3,6-7,14H2,1H3. The summed E-state index contributed by atoms with van der Waals surface area (Å²) in [6.45, 7) is 0.463. The highest BCUT2D eigenvalue weighted by Gasteiger charge is 2.29. The lowest BCUT2D eigenvalue weighted by Crippen LogP contribution is -2.13. The zero-order valence-corrected chi connectivity index (χ0v) is 11.7. The number of aryl methyl sites for hydroxylation is 1. The maximum absolute atomic E-state index is 11.4. The van der Waals surface area contributed by atoms with Crippen molar-refractivity contribution in [2.45, 2.75) is 25.3 Å². The van der Waals surface area contributed by atoms with E-state index in [-0.39, 0.29) is 5.75 Å². The summed E-state index contributed by atoms with van der Waals surface area (Å²) in [5.74, 6) is 1.63. The summed E-state index contributed by atoms with van der Waals surface area (Å²) in [5.41, 5.74) is 8.28. The van der Waals surface area contributed by atoms with Crippen molar-refractivity contribution in [2.24, 2.45) is 0 Å². The van der Waals surface area contributed by atoms with Crippen LogP contribution in [0.5, 0.6) is 0 Å². The third kappa shape index (κ3) is 2.58. The van der Waals surface area contributed by atoms with E-state index in [4.69, 9.17) is 5.73 Å². The van der Waals surface area contributed by atoms with Gasteiger partial charge in [0.05, 0.1) is 16.8 Å². The molecule has 102 valence electrons. The SMILES string of the molecule is CS(=O)(=O)CCn1c(C2CC2)nc2cc(N)ccc21. The maximum Gasteiger partial charge on any atom is 0.149 e. The van der Waals surface area contributed by atoms with Crippen LogP contribution >= 0.6 is 0 Å². The van der Waals surface area contributed by atoms with Crippen LogP contribution in [0, 0.1) is 0 Å². The number of sulfone groups is 1. The van der Waals surface area contributed by atoms with E-state index in [0.717, 1.165) is 29.7 Å². The van der Waals surface area contributed by atoms with Gasteiger partial charge in [0, 0.05) is 24.4 Å². The van der Waals surface area contributed by atoms with Crippen molar-refractivity contribution in [3.63, 3.8) is 0 Å². The average Bonchev–Trinajstić information content (AvgIpc) is 3.08. The molecule has 5 nitrogen and oxygen atoms in total. The summed E-state index contributed by atoms with van der Waals surface area (Å²) >= 11 is 0. The fourth-order valence-electron chi connectivity index (χ4n) is 2.31. The van der Waals surface area contributed by atoms with Gasteiger partial charge in [-0.1, -0.05) is 0 Å². The molecule has 0 atom stereocenters. The summed E-state index contributed by atoms with van der Waals surface area (Å²) in [6.07, 6.45) is 3.54. The minimum atomic E-state index is -2.97. The quantitative estimate of drug-likeness (QED) is 0.861. The Morgan fingerprint density at radius 1 is 1.42 bits per heavy atom. The third-order valence-corrected chi connectivity index (χ3v) is 4.35. The van der Waals surface area contributed by atoms with Crippen molar-refractivity contribution in [3.8, 4) is 0 Å². The molecule has 1 fully saturated rings. The normalized spacial score (nSPS) is 16.1. The van der Waals surface area contributed by atoms with Crippen LogP contribution in [0.4, 0.5) is 5.69 Å². The molecule has 1 aromatic heterocycles. The summed E-state index contributed by atoms with van der Waals surface area (Å²) < 4.78 is 24.8. The van der Waals surface area contributed by atoms with Gasteiger partial charge in [-0.15, -0.1) is 0 Å². The number of benzene rings is 1. The predicted molar refractivity (Wildman–Crippen MR) is 75.8 cm³/mol. The van der Waals surface area contributed by atoms with Crippen molar-refractivity contribution < 1.29 is 8.42 Å². The molecule has 0 spiro atoms. The van der Waals surface area contributed by atoms with Crippen LogP contribution < -0.4 is 5.73 Å². The van der Waals surface area contributed by atoms with Gasteiger partial charge in [0.1, 0.15) is 15.7 Å². The van der Waals surface area contributed by atoms with Gasteiger partial charge < -0.3 is 10.3 Å². The Kier molecular flexibility index (Phi) is 2.78. The molecule has 19 heavy (non-hydrogen) atoms. The molecular formula is C13H17N3O2S. The van der Waals surface area contributed by atoms with Crippen LogP contribution in [0.2, 0.25) is 0 Å². The minimum Gasteiger partial charge on any atom is -0.399 e. The minimum absolute atomic E-state index is 0.141. The monoisotopic (exact) mass is 279 g/mol. The van der Waals surface area contributed by atoms with Crippen molar-refractivity contribution in [2.75, 3.05) is 17.7 Å². The summed E-state index contributed by atoms with van der Waals surface area (Å²) in [4.78, 5) is 4.62. The van der Waals surface area contributed by atoms with E-state index >= 15 is 0 Å². The molecule has 0 amide bonds. The number of hydrogen-bond donors (Lipinski definition) is 1. The van der Waals surface area contributed by atoms with E-state index in [2.05, 4.69) is 4.98 Å². The highest BCUT2D eigenvalue weighted by Crippen LogP contribution is 2.40. The molecule has 1 aliphatic carbocycles. The first-order valence-electron chi connectivity index (χ1n) is 6.37. The lowest BCUT2D eigenvalue weighted by molar-refractivity contribution is 0.593. The largest absolute Gasteiger partial charge is 0.399 e. The zero-order valence-electron chi connectivity index (χ0n) is 10.8. The third-order valence-electron chi connectivity index (χ3n) is 3.43. The highest BCUT2D eigenvalue weighted by molar-refractivity contribution is 7.90. The average molecular weight is 279 g/mol. The predicted octanol–water partition coefficient (Wildman–Crippen LogP) is 1.54. The van der Waals surface area contributed by atoms with Crippen LogP contribution in [0.15, 0.2) is 18.2 Å². The summed E-state index contributed by atoms with van der Waals surface area (Å²) in [7, 11) is -2.97. The van der Waals surface area contributed by atoms with E-state index in [1.54, 1.807) is 0 Å². The Morgan fingerprint density at radius 2 is 2.16 bits per heavy atom. The summed E-state index contributed by atoms with van der Waals surface area (Å²) in [6, 6.07) is 5.60. The number of nitrogen functional groups attached to an aromatic ring is 1. The molecule has 0 aliphatic heterocycles. The zero-order chi connectivity index (χ0) is 13.6. The Hall–Kier alpha value is -1.56. The van der Waals surface area contributed by atoms with Crippen LogP contribution in [-0.4, -0.2) is 30.0 Å². The molecule has 1 heterocycles. The number of nitrogens with zero attached hydrogens (tertiary/aromatic N) is 2. The molecular weight excluding hydrogens is 262 g/mol. The molecule has 1 aliphatic rings. The smallest absolute Gasteiger partial charge is 0.149 e. The van der Waals surface area contributed by atoms with Crippen molar-refractivity contribution in [1.29, 1.82) is 0 Å². The van der Waals surface area contributed by atoms with Crippen molar-refractivity contribution >= 4 is 26.6 Å². The van der Waals surface area contributed by atoms with Gasteiger partial charge in [-0.05, 0) is 31.0 Å². The van der Waals surface area contributed by atoms with Gasteiger partial charge in [-0.25, -0.2) is 13.4 Å². The first-order valence-corrected chi connectivity index (χ1v) is 8.43. The van der Waals surface area contributed by atoms with Gasteiger partial charge in [0.25, 0.3) is 0 Å². The second-order valence-corrected chi connectivity index (χ2v) is 7.53. The molecule has 1 aromatic carbocycles. The molecule has 2 N–H and O–H groups in total. The van der Waals surface area contributed by atoms with Gasteiger partial charge in [-0.3, -0.25) is 0 Å². The topological polar surface area (TPSA) is 78.0 Å². The fourth-order valence-corrected chi connectivity index (χ4v) is 2.82. The molecule has 0 radical (unpaired) electrons. The second kappa shape index (κ2) is 4.23. The number of hydrogen-bond acceptors (Lipinski definition) is 4. The maximum atomic E-state index is 11.4. The lowest BCUT2D eigenvalue weighted by atomic mass is 10.3. The van der Waals surface area contributed by atoms with Gasteiger partial charge in [0.15, 0.2) is 0 Å². The fraction of sp³-hybridized carbons (Fsp3) is 0.462. The molecule has 3 rings (SSSR count). The number of rotatable bonds is 4. The van der Waals surface area contributed by atoms with E-state index < -0.39 is 9.84 Å². The van der Waals surface area contributed by atoms with Crippen LogP contribution in [0.1, 0.15) is 24.6 Å². The Balaban J connectivity index is 2.06. The van der Waals surface area contributed by atoms with Crippen molar-refractivity contribution in [1.82, 2.24) is 9.55 Å². The molecule has 2 aromatic rings. The van der Waals surface area contributed by atoms with Crippen LogP contribution in [0.3, 0.4) is 0 Å². The number of nitrogens with two attached hydrogens (primary N) is 1. The van der Waals surface area contributed by atoms with E-state index in [1.807, 2.05) is 22.8 Å². The number of aromatic nitrogens is 2. The Labute approximate surface area is 112 Å². The van der Waals surface area contributed by atoms with E-state index in [9.17, 15) is 8.42 Å². The molecule has 1 saturated carbocycles. The first-order chi connectivity index (χ1) is 8.94. The van der Waals surface area contributed by atoms with Gasteiger partial charge in [-0.2, -0.15) is 0 Å². The van der Waals surface area contributed by atoms with Crippen molar-refractivity contribution in [3.05, 3.63) is 24.0 Å². The molecule has 0 unspecified atom stereocenters. The van der Waals surface area contributed by atoms with Crippen LogP contribution in [0.25, 0.3) is 11.0 Å². The first kappa shape index (κ1) is 12.5. The number of anilines is 1. The van der Waals surface area contributed by atoms with Gasteiger partial charge in [0.2, 0.25) is 0 Å². The highest BCUT2D eigenvalue weighted by atomic mass is 32.2.